The van der Waals surface area contributed by atoms with Crippen LogP contribution in [0.1, 0.15) is 74.8 Å². The van der Waals surface area contributed by atoms with E-state index in [-0.39, 0.29) is 6.03 Å². The molecule has 1 aromatic carbocycles. The van der Waals surface area contributed by atoms with Crippen LogP contribution in [0, 0.1) is 5.92 Å². The summed E-state index contributed by atoms with van der Waals surface area (Å²) < 4.78 is 2.13. The summed E-state index contributed by atoms with van der Waals surface area (Å²) >= 11 is 13.2. The summed E-state index contributed by atoms with van der Waals surface area (Å²) in [5.74, 6) is 0.724. The lowest BCUT2D eigenvalue weighted by atomic mass is 9.93. The molecule has 3 aliphatic rings. The van der Waals surface area contributed by atoms with Crippen molar-refractivity contribution >= 4 is 55.4 Å². The third-order valence-electron chi connectivity index (χ3n) is 7.39. The molecule has 6 nitrogen and oxygen atoms in total. The molecule has 1 aliphatic carbocycles. The lowest BCUT2D eigenvalue weighted by molar-refractivity contribution is -0.133. The highest BCUT2D eigenvalue weighted by molar-refractivity contribution is 9.10. The minimum atomic E-state index is -0.337. The number of halogens is 3. The lowest BCUT2D eigenvalue weighted by Crippen LogP contribution is -2.43. The Balaban J connectivity index is 0.000000198. The Hall–Kier alpha value is -1.64. The van der Waals surface area contributed by atoms with Crippen LogP contribution in [-0.4, -0.2) is 52.9 Å². The van der Waals surface area contributed by atoms with Crippen LogP contribution in [0.25, 0.3) is 0 Å². The number of rotatable bonds is 2. The minimum Gasteiger partial charge on any atom is -0.351 e. The van der Waals surface area contributed by atoms with E-state index in [2.05, 4.69) is 49.0 Å². The molecule has 3 amide bonds. The van der Waals surface area contributed by atoms with Gasteiger partial charge in [-0.3, -0.25) is 9.78 Å². The number of urea groups is 1. The second-order valence-corrected chi connectivity index (χ2v) is 12.1. The lowest BCUT2D eigenvalue weighted by Gasteiger charge is -2.32. The molecule has 2 saturated heterocycles. The van der Waals surface area contributed by atoms with Crippen molar-refractivity contribution in [2.24, 2.45) is 11.7 Å². The van der Waals surface area contributed by atoms with E-state index >= 15 is 0 Å². The molecule has 38 heavy (non-hydrogen) atoms. The van der Waals surface area contributed by atoms with E-state index in [4.69, 9.17) is 17.3 Å². The van der Waals surface area contributed by atoms with Crippen LogP contribution >= 0.6 is 43.5 Å². The van der Waals surface area contributed by atoms with Crippen molar-refractivity contribution in [3.8, 4) is 0 Å². The highest BCUT2D eigenvalue weighted by atomic mass is 79.9. The van der Waals surface area contributed by atoms with Crippen LogP contribution in [-0.2, 0) is 24.1 Å². The van der Waals surface area contributed by atoms with Crippen molar-refractivity contribution in [1.29, 1.82) is 0 Å². The van der Waals surface area contributed by atoms with E-state index in [1.165, 1.54) is 28.8 Å². The Kier molecular flexibility index (Phi) is 12.4. The van der Waals surface area contributed by atoms with Gasteiger partial charge in [-0.1, -0.05) is 41.4 Å². The number of amides is 3. The van der Waals surface area contributed by atoms with Crippen molar-refractivity contribution in [2.75, 3.05) is 26.2 Å². The predicted molar refractivity (Wildman–Crippen MR) is 162 cm³/mol. The maximum absolute atomic E-state index is 12.1. The maximum Gasteiger partial charge on any atom is 0.314 e. The molecule has 2 aromatic rings. The fraction of sp³-hybridized carbons (Fsp3) is 0.552. The van der Waals surface area contributed by atoms with E-state index in [0.717, 1.165) is 72.0 Å². The first-order chi connectivity index (χ1) is 18.3. The number of fused-ring (bicyclic) bond motifs is 2. The third kappa shape index (κ3) is 8.68. The van der Waals surface area contributed by atoms with Crippen molar-refractivity contribution in [3.05, 3.63) is 60.7 Å². The molecule has 2 N–H and O–H groups in total. The molecular formula is C29H39Br2ClN4O2. The zero-order valence-corrected chi connectivity index (χ0v) is 26.4. The topological polar surface area (TPSA) is 79.5 Å². The van der Waals surface area contributed by atoms with Gasteiger partial charge in [-0.2, -0.15) is 0 Å². The zero-order valence-electron chi connectivity index (χ0n) is 22.4. The fourth-order valence-electron chi connectivity index (χ4n) is 5.28. The second kappa shape index (κ2) is 15.2. The quantitative estimate of drug-likeness (QED) is 0.369. The Bertz CT molecular complexity index is 1100. The maximum atomic E-state index is 12.1. The molecule has 2 fully saturated rings. The zero-order chi connectivity index (χ0) is 27.7. The van der Waals surface area contributed by atoms with E-state index < -0.39 is 0 Å². The third-order valence-corrected chi connectivity index (χ3v) is 8.74. The van der Waals surface area contributed by atoms with Crippen LogP contribution < -0.4 is 5.73 Å². The minimum absolute atomic E-state index is 0.298. The number of benzene rings is 1. The number of hydrogen-bond donors (Lipinski definition) is 1. The van der Waals surface area contributed by atoms with Gasteiger partial charge in [0.2, 0.25) is 5.91 Å². The number of nitrogens with two attached hydrogens (primary N) is 1. The molecule has 0 unspecified atom stereocenters. The van der Waals surface area contributed by atoms with E-state index in [1.807, 2.05) is 31.0 Å². The average Bonchev–Trinajstić information content (AvgIpc) is 3.10. The van der Waals surface area contributed by atoms with E-state index in [1.54, 1.807) is 4.90 Å². The molecule has 0 saturated carbocycles. The Morgan fingerprint density at radius 3 is 2.29 bits per heavy atom. The number of nitrogens with zero attached hydrogens (tertiary/aromatic N) is 3. The van der Waals surface area contributed by atoms with Crippen molar-refractivity contribution < 1.29 is 9.59 Å². The largest absolute Gasteiger partial charge is 0.351 e. The molecule has 0 radical (unpaired) electrons. The van der Waals surface area contributed by atoms with Crippen molar-refractivity contribution in [2.45, 2.75) is 71.6 Å². The number of pyridine rings is 1. The first kappa shape index (κ1) is 30.9. The molecule has 0 bridgehead atoms. The van der Waals surface area contributed by atoms with E-state index in [9.17, 15) is 9.59 Å². The Labute approximate surface area is 248 Å². The van der Waals surface area contributed by atoms with Gasteiger partial charge in [-0.15, -0.1) is 0 Å². The summed E-state index contributed by atoms with van der Waals surface area (Å²) in [5, 5.41) is 0.792. The van der Waals surface area contributed by atoms with Gasteiger partial charge in [-0.05, 0) is 102 Å². The van der Waals surface area contributed by atoms with Crippen molar-refractivity contribution in [1.82, 2.24) is 14.8 Å². The number of aromatic nitrogens is 1. The van der Waals surface area contributed by atoms with Gasteiger partial charge in [0.1, 0.15) is 0 Å². The van der Waals surface area contributed by atoms with Crippen LogP contribution in [0.15, 0.2) is 33.3 Å². The van der Waals surface area contributed by atoms with Crippen LogP contribution in [0.4, 0.5) is 4.79 Å². The molecule has 0 spiro atoms. The summed E-state index contributed by atoms with van der Waals surface area (Å²) in [6.07, 6.45) is 10.8. The molecule has 208 valence electrons. The van der Waals surface area contributed by atoms with Crippen LogP contribution in [0.3, 0.4) is 0 Å². The molecule has 9 heteroatoms. The summed E-state index contributed by atoms with van der Waals surface area (Å²) in [6, 6.07) is 5.87. The van der Waals surface area contributed by atoms with Gasteiger partial charge in [0.05, 0.1) is 0 Å². The first-order valence-corrected chi connectivity index (χ1v) is 15.7. The molecule has 3 heterocycles. The molecular weight excluding hydrogens is 632 g/mol. The number of hydrogen-bond acceptors (Lipinski definition) is 3. The summed E-state index contributed by atoms with van der Waals surface area (Å²) in [5.41, 5.74) is 10.4. The standard InChI is InChI=1S/C14H10Br2ClN.C13H23N3O2.C2H6/c15-10-3-9-2-1-8-4-11(17)5-13(16)12(8)6-14(9)18-7-10;14-13(18)16-8-4-11(5-9-16)10-12(17)15-6-2-1-3-7-15;1-2/h3-5,7H,1-2,6H2;11H,1-10H2,(H2,14,18);1-2H3. The molecule has 2 aliphatic heterocycles. The smallest absolute Gasteiger partial charge is 0.314 e. The van der Waals surface area contributed by atoms with Crippen LogP contribution in [0.2, 0.25) is 5.02 Å². The first-order valence-electron chi connectivity index (χ1n) is 13.7. The number of primary amides is 1. The van der Waals surface area contributed by atoms with Gasteiger partial charge in [0.15, 0.2) is 0 Å². The number of aryl methyl sites for hydroxylation is 2. The van der Waals surface area contributed by atoms with Gasteiger partial charge in [-0.25, -0.2) is 4.79 Å². The average molecular weight is 671 g/mol. The van der Waals surface area contributed by atoms with Gasteiger partial charge < -0.3 is 15.5 Å². The number of likely N-dealkylation sites (tertiary alicyclic amines) is 2. The SMILES string of the molecule is CC.Clc1cc(Br)c2c(c1)CCc1cc(Br)cnc1C2.NC(=O)N1CCC(CC(=O)N2CCCCC2)CC1. The van der Waals surface area contributed by atoms with E-state index in [0.29, 0.717) is 31.3 Å². The Morgan fingerprint density at radius 2 is 1.63 bits per heavy atom. The van der Waals surface area contributed by atoms with Gasteiger partial charge >= 0.3 is 6.03 Å². The Morgan fingerprint density at radius 1 is 0.974 bits per heavy atom. The molecule has 0 atom stereocenters. The number of carbonyl (C=O) groups is 2. The summed E-state index contributed by atoms with van der Waals surface area (Å²) in [4.78, 5) is 31.3. The second-order valence-electron chi connectivity index (χ2n) is 9.88. The number of carbonyl (C=O) groups excluding carboxylic acids is 2. The normalized spacial score (nSPS) is 17.1. The summed E-state index contributed by atoms with van der Waals surface area (Å²) in [7, 11) is 0. The van der Waals surface area contributed by atoms with Gasteiger partial charge in [0, 0.05) is 64.9 Å². The number of piperidine rings is 2. The summed E-state index contributed by atoms with van der Waals surface area (Å²) in [6.45, 7) is 7.26. The highest BCUT2D eigenvalue weighted by Gasteiger charge is 2.25. The van der Waals surface area contributed by atoms with Crippen molar-refractivity contribution in [3.63, 3.8) is 0 Å². The molecule has 1 aromatic heterocycles. The highest BCUT2D eigenvalue weighted by Crippen LogP contribution is 2.32. The van der Waals surface area contributed by atoms with Gasteiger partial charge in [0.25, 0.3) is 0 Å². The predicted octanol–water partition coefficient (Wildman–Crippen LogP) is 7.16. The van der Waals surface area contributed by atoms with Crippen LogP contribution in [0.5, 0.6) is 0 Å². The fourth-order valence-corrected chi connectivity index (χ4v) is 6.67. The molecule has 5 rings (SSSR count). The monoisotopic (exact) mass is 668 g/mol.